The first-order valence-corrected chi connectivity index (χ1v) is 15.8. The van der Waals surface area contributed by atoms with Gasteiger partial charge in [0.1, 0.15) is 18.9 Å². The summed E-state index contributed by atoms with van der Waals surface area (Å²) in [5.41, 5.74) is -0.365. The predicted octanol–water partition coefficient (Wildman–Crippen LogP) is 6.18. The molecule has 4 rings (SSSR count). The summed E-state index contributed by atoms with van der Waals surface area (Å²) >= 11 is 0.933. The highest BCUT2D eigenvalue weighted by Crippen LogP contribution is 2.40. The number of aromatic nitrogens is 1. The van der Waals surface area contributed by atoms with E-state index in [1.54, 1.807) is 31.2 Å². The minimum Gasteiger partial charge on any atom is -0.465 e. The number of anilines is 1. The van der Waals surface area contributed by atoms with Crippen molar-refractivity contribution in [2.45, 2.75) is 65.1 Å². The second-order valence-electron chi connectivity index (χ2n) is 12.9. The highest BCUT2D eigenvalue weighted by atomic mass is 32.1. The van der Waals surface area contributed by atoms with Crippen LogP contribution in [-0.2, 0) is 20.9 Å². The molecule has 2 atom stereocenters. The number of halogens is 3. The van der Waals surface area contributed by atoms with Gasteiger partial charge in [-0.3, -0.25) is 14.5 Å². The van der Waals surface area contributed by atoms with Crippen LogP contribution in [0.2, 0.25) is 0 Å². The van der Waals surface area contributed by atoms with Gasteiger partial charge in [0.2, 0.25) is 11.8 Å². The first-order valence-electron chi connectivity index (χ1n) is 15.0. The average Bonchev–Trinajstić information content (AvgIpc) is 3.38. The van der Waals surface area contributed by atoms with Gasteiger partial charge in [0, 0.05) is 31.2 Å². The third-order valence-electron chi connectivity index (χ3n) is 8.16. The van der Waals surface area contributed by atoms with Crippen LogP contribution >= 0.6 is 11.3 Å². The summed E-state index contributed by atoms with van der Waals surface area (Å²) in [6, 6.07) is 12.1. The number of fused-ring (bicyclic) bond motifs is 1. The Hall–Kier alpha value is -4.60. The topological polar surface area (TPSA) is 142 Å². The quantitative estimate of drug-likeness (QED) is 0.271. The van der Waals surface area contributed by atoms with Gasteiger partial charge in [0.15, 0.2) is 5.13 Å². The van der Waals surface area contributed by atoms with Crippen molar-refractivity contribution < 1.29 is 46.9 Å². The molecule has 16 heteroatoms. The van der Waals surface area contributed by atoms with E-state index in [0.717, 1.165) is 33.9 Å². The molecule has 0 aliphatic carbocycles. The van der Waals surface area contributed by atoms with Crippen LogP contribution in [-0.4, -0.2) is 93.4 Å². The lowest BCUT2D eigenvalue weighted by Crippen LogP contribution is -2.63. The van der Waals surface area contributed by atoms with Crippen molar-refractivity contribution in [2.24, 2.45) is 5.41 Å². The third kappa shape index (κ3) is 9.27. The maximum absolute atomic E-state index is 13.6. The molecule has 4 amide bonds. The highest BCUT2D eigenvalue weighted by molar-refractivity contribution is 7.22. The highest BCUT2D eigenvalue weighted by Gasteiger charge is 2.48. The summed E-state index contributed by atoms with van der Waals surface area (Å²) in [5, 5.41) is 12.5. The van der Waals surface area contributed by atoms with Crippen LogP contribution in [0.1, 0.15) is 46.1 Å². The molecular formula is C32H38F3N5O7S. The summed E-state index contributed by atoms with van der Waals surface area (Å²) in [4.78, 5) is 60.1. The number of carbonyl (C=O) groups is 4. The molecule has 2 unspecified atom stereocenters. The molecule has 0 radical (unpaired) electrons. The van der Waals surface area contributed by atoms with Crippen LogP contribution in [0, 0.1) is 5.41 Å². The first-order chi connectivity index (χ1) is 22.3. The molecule has 1 fully saturated rings. The molecule has 48 heavy (non-hydrogen) atoms. The molecule has 0 bridgehead atoms. The van der Waals surface area contributed by atoms with Crippen molar-refractivity contribution in [1.82, 2.24) is 19.7 Å². The van der Waals surface area contributed by atoms with Crippen molar-refractivity contribution in [1.29, 1.82) is 0 Å². The number of likely N-dealkylation sites (N-methyl/N-ethyl adjacent to an activating group) is 1. The molecule has 12 nitrogen and oxygen atoms in total. The number of carboxylic acid groups (broad SMARTS) is 1. The van der Waals surface area contributed by atoms with Crippen LogP contribution in [0.4, 0.5) is 27.9 Å². The van der Waals surface area contributed by atoms with Gasteiger partial charge < -0.3 is 29.7 Å². The summed E-state index contributed by atoms with van der Waals surface area (Å²) in [7, 11) is 1.39. The number of carbonyl (C=O) groups excluding carboxylic acids is 3. The Kier molecular flexibility index (Phi) is 10.8. The zero-order valence-corrected chi connectivity index (χ0v) is 28.0. The van der Waals surface area contributed by atoms with Crippen LogP contribution in [0.3, 0.4) is 0 Å². The molecule has 260 valence electrons. The van der Waals surface area contributed by atoms with E-state index in [1.165, 1.54) is 22.9 Å². The number of hydrogen-bond donors (Lipinski definition) is 2. The Balaban J connectivity index is 1.47. The summed E-state index contributed by atoms with van der Waals surface area (Å²) in [6.45, 7) is 6.76. The first kappa shape index (κ1) is 36.2. The van der Waals surface area contributed by atoms with E-state index < -0.39 is 66.2 Å². The summed E-state index contributed by atoms with van der Waals surface area (Å²) in [5.74, 6) is -1.62. The molecule has 1 aliphatic heterocycles. The van der Waals surface area contributed by atoms with Crippen molar-refractivity contribution in [3.8, 4) is 5.75 Å². The van der Waals surface area contributed by atoms with E-state index in [-0.39, 0.29) is 31.1 Å². The molecule has 0 spiro atoms. The van der Waals surface area contributed by atoms with Gasteiger partial charge in [-0.1, -0.05) is 62.4 Å². The predicted molar refractivity (Wildman–Crippen MR) is 172 cm³/mol. The third-order valence-corrected chi connectivity index (χ3v) is 9.10. The van der Waals surface area contributed by atoms with Crippen molar-refractivity contribution in [3.05, 3.63) is 54.1 Å². The van der Waals surface area contributed by atoms with Crippen LogP contribution in [0.15, 0.2) is 48.5 Å². The number of nitrogens with one attached hydrogen (secondary N) is 1. The number of likely N-dealkylation sites (tertiary alicyclic amines) is 1. The van der Waals surface area contributed by atoms with Crippen LogP contribution in [0.25, 0.3) is 10.2 Å². The number of benzene rings is 2. The Morgan fingerprint density at radius 2 is 1.79 bits per heavy atom. The number of rotatable bonds is 9. The normalized spacial score (nSPS) is 18.2. The summed E-state index contributed by atoms with van der Waals surface area (Å²) < 4.78 is 47.7. The van der Waals surface area contributed by atoms with E-state index in [1.807, 2.05) is 26.8 Å². The Bertz CT molecular complexity index is 1650. The Labute approximate surface area is 279 Å². The van der Waals surface area contributed by atoms with Crippen LogP contribution < -0.4 is 10.1 Å². The number of nitrogens with zero attached hydrogens (tertiary/aromatic N) is 4. The minimum atomic E-state index is -4.86. The zero-order valence-electron chi connectivity index (χ0n) is 27.2. The lowest BCUT2D eigenvalue weighted by Gasteiger charge is -2.52. The van der Waals surface area contributed by atoms with Crippen molar-refractivity contribution in [2.75, 3.05) is 32.0 Å². The molecule has 3 aromatic rings. The standard InChI is InChI=1S/C32H38F3N5O7S/c1-30(2,3)24-16-31(4,13-14-39(24)28(43)44)40(29(45)46-19-20-9-7-6-8-10-20)18-26(42)38(5)17-25(41)37-27-36-22-12-11-21(15-23(22)48-27)47-32(33,34)35/h6-12,15,24H,13-14,16-19H2,1-5H3,(H,43,44)(H,36,37,41). The fourth-order valence-electron chi connectivity index (χ4n) is 5.54. The fraction of sp³-hybridized carbons (Fsp3) is 0.469. The maximum atomic E-state index is 13.6. The summed E-state index contributed by atoms with van der Waals surface area (Å²) in [6.07, 6.45) is -6.19. The van der Waals surface area contributed by atoms with Crippen LogP contribution in [0.5, 0.6) is 5.75 Å². The largest absolute Gasteiger partial charge is 0.573 e. The van der Waals surface area contributed by atoms with Gasteiger partial charge in [-0.05, 0) is 42.9 Å². The average molecular weight is 694 g/mol. The molecule has 0 saturated carbocycles. The lowest BCUT2D eigenvalue weighted by atomic mass is 9.73. The number of ether oxygens (including phenoxy) is 2. The molecule has 2 aromatic carbocycles. The Morgan fingerprint density at radius 3 is 2.42 bits per heavy atom. The maximum Gasteiger partial charge on any atom is 0.573 e. The molecular weight excluding hydrogens is 655 g/mol. The van der Waals surface area contributed by atoms with Gasteiger partial charge in [0.25, 0.3) is 0 Å². The molecule has 1 aromatic heterocycles. The number of thiazole rings is 1. The van der Waals surface area contributed by atoms with E-state index >= 15 is 0 Å². The van der Waals surface area contributed by atoms with E-state index in [9.17, 15) is 37.5 Å². The molecule has 1 saturated heterocycles. The molecule has 2 heterocycles. The number of amides is 4. The van der Waals surface area contributed by atoms with Gasteiger partial charge in [-0.2, -0.15) is 0 Å². The van der Waals surface area contributed by atoms with Crippen molar-refractivity contribution in [3.63, 3.8) is 0 Å². The molecule has 1 aliphatic rings. The smallest absolute Gasteiger partial charge is 0.465 e. The van der Waals surface area contributed by atoms with Gasteiger partial charge >= 0.3 is 18.5 Å². The molecule has 2 N–H and O–H groups in total. The van der Waals surface area contributed by atoms with Gasteiger partial charge in [-0.25, -0.2) is 14.6 Å². The van der Waals surface area contributed by atoms with E-state index in [2.05, 4.69) is 15.0 Å². The monoisotopic (exact) mass is 693 g/mol. The van der Waals surface area contributed by atoms with Gasteiger partial charge in [-0.15, -0.1) is 13.2 Å². The van der Waals surface area contributed by atoms with Crippen molar-refractivity contribution >= 4 is 50.7 Å². The SMILES string of the molecule is CN(CC(=O)Nc1nc2ccc(OC(F)(F)F)cc2s1)C(=O)CN(C(=O)OCc1ccccc1)C1(C)CCN(C(=O)O)C(C(C)(C)C)C1. The number of piperidine rings is 1. The van der Waals surface area contributed by atoms with E-state index in [4.69, 9.17) is 4.74 Å². The Morgan fingerprint density at radius 1 is 1.10 bits per heavy atom. The second-order valence-corrected chi connectivity index (χ2v) is 14.0. The number of hydrogen-bond acceptors (Lipinski definition) is 8. The lowest BCUT2D eigenvalue weighted by molar-refractivity contribution is -0.274. The second kappa shape index (κ2) is 14.3. The fourth-order valence-corrected chi connectivity index (χ4v) is 6.45. The van der Waals surface area contributed by atoms with Gasteiger partial charge in [0.05, 0.1) is 16.8 Å². The minimum absolute atomic E-state index is 0.0470. The number of alkyl halides is 3. The zero-order chi connectivity index (χ0) is 35.4. The van der Waals surface area contributed by atoms with E-state index in [0.29, 0.717) is 10.2 Å².